The van der Waals surface area contributed by atoms with Crippen LogP contribution in [0.15, 0.2) is 18.2 Å². The third-order valence-electron chi connectivity index (χ3n) is 1.79. The first-order chi connectivity index (χ1) is 6.45. The van der Waals surface area contributed by atoms with E-state index in [1.807, 2.05) is 0 Å². The van der Waals surface area contributed by atoms with Crippen LogP contribution in [0.4, 0.5) is 13.2 Å². The van der Waals surface area contributed by atoms with Crippen molar-refractivity contribution in [2.45, 2.75) is 19.5 Å². The Hall–Kier alpha value is -1.07. The van der Waals surface area contributed by atoms with E-state index in [0.717, 1.165) is 25.1 Å². The average molecular weight is 205 g/mol. The second kappa shape index (κ2) is 3.98. The molecule has 0 radical (unpaired) electrons. The Morgan fingerprint density at radius 3 is 2.57 bits per heavy atom. The average Bonchev–Trinajstić information content (AvgIpc) is 2.07. The minimum atomic E-state index is -2.99. The molecule has 0 amide bonds. The first-order valence-corrected chi connectivity index (χ1v) is 3.93. The predicted molar refractivity (Wildman–Crippen MR) is 44.9 cm³/mol. The molecule has 0 fully saturated rings. The van der Waals surface area contributed by atoms with Crippen LogP contribution >= 0.6 is 0 Å². The molecule has 0 saturated heterocycles. The molecule has 0 aliphatic carbocycles. The van der Waals surface area contributed by atoms with Gasteiger partial charge >= 0.3 is 0 Å². The molecule has 0 saturated carbocycles. The van der Waals surface area contributed by atoms with Crippen molar-refractivity contribution in [2.75, 3.05) is 0 Å². The van der Waals surface area contributed by atoms with Crippen molar-refractivity contribution < 1.29 is 18.0 Å². The molecule has 0 aliphatic rings. The van der Waals surface area contributed by atoms with Gasteiger partial charge in [0.1, 0.15) is 5.82 Å². The summed E-state index contributed by atoms with van der Waals surface area (Å²) in [4.78, 5) is 4.19. The molecule has 0 spiro atoms. The molecular weight excluding hydrogens is 195 g/mol. The minimum absolute atomic E-state index is 0.0199. The fourth-order valence-electron chi connectivity index (χ4n) is 1.05. The Labute approximate surface area is 79.4 Å². The fraction of sp³-hybridized carbons (Fsp3) is 0.333. The molecule has 0 bridgehead atoms. The number of rotatable bonds is 3. The van der Waals surface area contributed by atoms with Crippen LogP contribution in [0.3, 0.4) is 0 Å². The summed E-state index contributed by atoms with van der Waals surface area (Å²) in [6, 6.07) is 3.05. The van der Waals surface area contributed by atoms with E-state index in [9.17, 15) is 13.2 Å². The van der Waals surface area contributed by atoms with Crippen LogP contribution in [0, 0.1) is 5.82 Å². The topological polar surface area (TPSA) is 35.2 Å². The highest BCUT2D eigenvalue weighted by Gasteiger charge is 2.24. The maximum atomic E-state index is 13.0. The van der Waals surface area contributed by atoms with Gasteiger partial charge in [0.2, 0.25) is 0 Å². The lowest BCUT2D eigenvalue weighted by Crippen LogP contribution is -2.09. The van der Waals surface area contributed by atoms with Crippen LogP contribution in [0.25, 0.3) is 0 Å². The maximum Gasteiger partial charge on any atom is 0.270 e. The van der Waals surface area contributed by atoms with Gasteiger partial charge in [0.05, 0.1) is 6.61 Å². The monoisotopic (exact) mass is 205 g/mol. The Balaban J connectivity index is 3.06. The van der Waals surface area contributed by atoms with Gasteiger partial charge in [-0.25, -0.2) is 19.1 Å². The van der Waals surface area contributed by atoms with E-state index in [-0.39, 0.29) is 17.7 Å². The molecule has 0 aromatic heterocycles. The van der Waals surface area contributed by atoms with E-state index < -0.39 is 11.7 Å². The third kappa shape index (κ3) is 2.46. The highest BCUT2D eigenvalue weighted by molar-refractivity contribution is 5.27. The molecule has 0 aliphatic heterocycles. The summed E-state index contributed by atoms with van der Waals surface area (Å²) in [5, 5.41) is 0. The Kier molecular flexibility index (Phi) is 3.13. The summed E-state index contributed by atoms with van der Waals surface area (Å²) < 4.78 is 38.6. The molecule has 0 heterocycles. The van der Waals surface area contributed by atoms with Crippen molar-refractivity contribution in [3.8, 4) is 0 Å². The zero-order valence-corrected chi connectivity index (χ0v) is 7.56. The van der Waals surface area contributed by atoms with Gasteiger partial charge in [-0.05, 0) is 12.1 Å². The van der Waals surface area contributed by atoms with Gasteiger partial charge in [0, 0.05) is 18.1 Å². The molecule has 2 N–H and O–H groups in total. The summed E-state index contributed by atoms with van der Waals surface area (Å²) in [6.07, 6.45) is 0. The first kappa shape index (κ1) is 11.0. The molecule has 78 valence electrons. The van der Waals surface area contributed by atoms with Gasteiger partial charge < -0.3 is 0 Å². The number of nitrogens with two attached hydrogens (primary N) is 1. The van der Waals surface area contributed by atoms with Crippen LogP contribution in [-0.2, 0) is 17.4 Å². The molecule has 0 unspecified atom stereocenters. The minimum Gasteiger partial charge on any atom is -0.300 e. The summed E-state index contributed by atoms with van der Waals surface area (Å²) in [5.41, 5.74) is -0.238. The van der Waals surface area contributed by atoms with Crippen molar-refractivity contribution in [2.24, 2.45) is 5.90 Å². The van der Waals surface area contributed by atoms with Crippen LogP contribution in [0.5, 0.6) is 0 Å². The van der Waals surface area contributed by atoms with Crippen LogP contribution in [0.1, 0.15) is 18.1 Å². The number of alkyl halides is 2. The van der Waals surface area contributed by atoms with E-state index in [0.29, 0.717) is 0 Å². The number of hydrogen-bond acceptors (Lipinski definition) is 2. The molecule has 1 aromatic carbocycles. The number of hydrogen-bond donors (Lipinski definition) is 1. The van der Waals surface area contributed by atoms with Crippen molar-refractivity contribution >= 4 is 0 Å². The fourth-order valence-corrected chi connectivity index (χ4v) is 1.05. The summed E-state index contributed by atoms with van der Waals surface area (Å²) in [6.45, 7) is 0.517. The van der Waals surface area contributed by atoms with Crippen molar-refractivity contribution in [1.82, 2.24) is 0 Å². The van der Waals surface area contributed by atoms with E-state index in [4.69, 9.17) is 5.90 Å². The molecular formula is C9H10F3NO. The van der Waals surface area contributed by atoms with Crippen molar-refractivity contribution in [3.05, 3.63) is 35.1 Å². The standard InChI is InChI=1S/C9H10F3NO/c1-9(11,12)7-2-3-8(10)6(4-7)5-14-13/h2-4H,5,13H2,1H3. The maximum absolute atomic E-state index is 13.0. The van der Waals surface area contributed by atoms with Gasteiger partial charge in [0.25, 0.3) is 5.92 Å². The highest BCUT2D eigenvalue weighted by Crippen LogP contribution is 2.28. The van der Waals surface area contributed by atoms with Gasteiger partial charge in [0.15, 0.2) is 0 Å². The lowest BCUT2D eigenvalue weighted by molar-refractivity contribution is 0.0171. The Morgan fingerprint density at radius 2 is 2.07 bits per heavy atom. The summed E-state index contributed by atoms with van der Waals surface area (Å²) in [5.74, 6) is 1.14. The van der Waals surface area contributed by atoms with Gasteiger partial charge in [-0.3, -0.25) is 4.84 Å². The summed E-state index contributed by atoms with van der Waals surface area (Å²) >= 11 is 0. The van der Waals surface area contributed by atoms with Gasteiger partial charge in [-0.15, -0.1) is 0 Å². The highest BCUT2D eigenvalue weighted by atomic mass is 19.3. The zero-order valence-electron chi connectivity index (χ0n) is 7.56. The van der Waals surface area contributed by atoms with Crippen molar-refractivity contribution in [1.29, 1.82) is 0 Å². The molecule has 1 aromatic rings. The van der Waals surface area contributed by atoms with Crippen molar-refractivity contribution in [3.63, 3.8) is 0 Å². The smallest absolute Gasteiger partial charge is 0.270 e. The van der Waals surface area contributed by atoms with Gasteiger partial charge in [-0.1, -0.05) is 6.07 Å². The Morgan fingerprint density at radius 1 is 1.43 bits per heavy atom. The largest absolute Gasteiger partial charge is 0.300 e. The van der Waals surface area contributed by atoms with Crippen LogP contribution in [0.2, 0.25) is 0 Å². The second-order valence-electron chi connectivity index (χ2n) is 3.01. The van der Waals surface area contributed by atoms with Gasteiger partial charge in [-0.2, -0.15) is 0 Å². The number of benzene rings is 1. The van der Waals surface area contributed by atoms with E-state index in [2.05, 4.69) is 4.84 Å². The van der Waals surface area contributed by atoms with Crippen LogP contribution in [-0.4, -0.2) is 0 Å². The van der Waals surface area contributed by atoms with E-state index >= 15 is 0 Å². The first-order valence-electron chi connectivity index (χ1n) is 3.93. The molecule has 14 heavy (non-hydrogen) atoms. The van der Waals surface area contributed by atoms with Crippen LogP contribution < -0.4 is 5.90 Å². The lowest BCUT2D eigenvalue weighted by atomic mass is 10.1. The SMILES string of the molecule is CC(F)(F)c1ccc(F)c(CON)c1. The zero-order chi connectivity index (χ0) is 10.8. The molecule has 1 rings (SSSR count). The Bertz CT molecular complexity index is 322. The molecule has 5 heteroatoms. The number of halogens is 3. The molecule has 0 atom stereocenters. The van der Waals surface area contributed by atoms with E-state index in [1.165, 1.54) is 0 Å². The third-order valence-corrected chi connectivity index (χ3v) is 1.79. The second-order valence-corrected chi connectivity index (χ2v) is 3.01. The normalized spacial score (nSPS) is 11.8. The molecule has 2 nitrogen and oxygen atoms in total. The lowest BCUT2D eigenvalue weighted by Gasteiger charge is -2.12. The summed E-state index contributed by atoms with van der Waals surface area (Å²) in [7, 11) is 0. The quantitative estimate of drug-likeness (QED) is 0.768. The van der Waals surface area contributed by atoms with E-state index in [1.54, 1.807) is 0 Å². The predicted octanol–water partition coefficient (Wildman–Crippen LogP) is 2.33.